The molecule has 2 aromatic carbocycles. The number of fused-ring (bicyclic) bond motifs is 2. The second-order valence-electron chi connectivity index (χ2n) is 6.41. The van der Waals surface area contributed by atoms with Gasteiger partial charge in [0.25, 0.3) is 9.84 Å². The molecule has 1 N–H and O–H groups in total. The number of halogens is 3. The van der Waals surface area contributed by atoms with Crippen molar-refractivity contribution in [2.24, 2.45) is 0 Å². The first-order valence-electron chi connectivity index (χ1n) is 8.50. The number of benzene rings is 2. The summed E-state index contributed by atoms with van der Waals surface area (Å²) in [4.78, 5) is 0.750. The van der Waals surface area contributed by atoms with Gasteiger partial charge in [-0.05, 0) is 43.0 Å². The first-order chi connectivity index (χ1) is 12.8. The molecule has 0 amide bonds. The van der Waals surface area contributed by atoms with Crippen LogP contribution in [0.5, 0.6) is 0 Å². The summed E-state index contributed by atoms with van der Waals surface area (Å²) in [5.41, 5.74) is -3.05. The molecule has 142 valence electrons. The van der Waals surface area contributed by atoms with E-state index in [9.17, 15) is 21.6 Å². The van der Waals surface area contributed by atoms with Gasteiger partial charge in [-0.1, -0.05) is 36.0 Å². The zero-order chi connectivity index (χ0) is 19.2. The lowest BCUT2D eigenvalue weighted by molar-refractivity contribution is -0.0436. The van der Waals surface area contributed by atoms with Gasteiger partial charge in [0.15, 0.2) is 0 Å². The van der Waals surface area contributed by atoms with E-state index in [-0.39, 0.29) is 5.56 Å². The zero-order valence-corrected chi connectivity index (χ0v) is 15.8. The summed E-state index contributed by atoms with van der Waals surface area (Å²) < 4.78 is 64.6. The van der Waals surface area contributed by atoms with Crippen LogP contribution in [-0.4, -0.2) is 20.5 Å². The van der Waals surface area contributed by atoms with Gasteiger partial charge in [-0.3, -0.25) is 0 Å². The highest BCUT2D eigenvalue weighted by Gasteiger charge is 2.49. The number of rotatable bonds is 1. The third-order valence-corrected chi connectivity index (χ3v) is 7.37. The summed E-state index contributed by atoms with van der Waals surface area (Å²) in [5, 5.41) is 3.28. The number of nitrogens with one attached hydrogen (secondary N) is 1. The van der Waals surface area contributed by atoms with E-state index < -0.39 is 20.2 Å². The van der Waals surface area contributed by atoms with Crippen molar-refractivity contribution in [3.8, 4) is 0 Å². The number of allylic oxidation sites excluding steroid dienone is 1. The lowest BCUT2D eigenvalue weighted by Crippen LogP contribution is -2.26. The molecular weight excluding hydrogens is 395 g/mol. The summed E-state index contributed by atoms with van der Waals surface area (Å²) in [6, 6.07) is 11.5. The monoisotopic (exact) mass is 411 g/mol. The molecule has 27 heavy (non-hydrogen) atoms. The van der Waals surface area contributed by atoms with Crippen LogP contribution in [0.15, 0.2) is 62.8 Å². The molecule has 8 heteroatoms. The Kier molecular flexibility index (Phi) is 4.50. The largest absolute Gasteiger partial charge is 0.501 e. The number of alkyl halides is 3. The minimum Gasteiger partial charge on any atom is -0.388 e. The first kappa shape index (κ1) is 18.4. The quantitative estimate of drug-likeness (QED) is 0.614. The number of sulfone groups is 1. The van der Waals surface area contributed by atoms with Crippen LogP contribution in [0.3, 0.4) is 0 Å². The van der Waals surface area contributed by atoms with Gasteiger partial charge in [-0.15, -0.1) is 0 Å². The average molecular weight is 411 g/mol. The van der Waals surface area contributed by atoms with Crippen LogP contribution in [0.4, 0.5) is 13.2 Å². The molecule has 0 aromatic heterocycles. The fraction of sp³-hybridized carbons (Fsp3) is 0.263. The van der Waals surface area contributed by atoms with Gasteiger partial charge in [-0.2, -0.15) is 13.2 Å². The molecule has 3 nitrogen and oxygen atoms in total. The topological polar surface area (TPSA) is 46.2 Å². The maximum absolute atomic E-state index is 13.3. The number of hydrogen-bond acceptors (Lipinski definition) is 4. The van der Waals surface area contributed by atoms with Crippen molar-refractivity contribution in [1.29, 1.82) is 0 Å². The van der Waals surface area contributed by atoms with Gasteiger partial charge in [-0.25, -0.2) is 8.42 Å². The first-order valence-corrected chi connectivity index (χ1v) is 10.8. The molecule has 1 saturated heterocycles. The van der Waals surface area contributed by atoms with E-state index in [0.29, 0.717) is 16.9 Å². The van der Waals surface area contributed by atoms with Crippen LogP contribution in [0.25, 0.3) is 5.57 Å². The minimum atomic E-state index is -5.47. The zero-order valence-electron chi connectivity index (χ0n) is 14.1. The Morgan fingerprint density at radius 2 is 1.70 bits per heavy atom. The molecule has 0 unspecified atom stereocenters. The van der Waals surface area contributed by atoms with E-state index in [0.717, 1.165) is 41.6 Å². The fourth-order valence-electron chi connectivity index (χ4n) is 3.49. The van der Waals surface area contributed by atoms with Crippen LogP contribution in [0.1, 0.15) is 30.4 Å². The lowest BCUT2D eigenvalue weighted by Gasteiger charge is -2.29. The molecule has 2 aliphatic rings. The second kappa shape index (κ2) is 6.60. The summed E-state index contributed by atoms with van der Waals surface area (Å²) in [6.45, 7) is 0.720. The molecule has 0 aliphatic carbocycles. The van der Waals surface area contributed by atoms with Crippen LogP contribution < -0.4 is 5.32 Å². The average Bonchev–Trinajstić information content (AvgIpc) is 2.65. The molecule has 2 heterocycles. The predicted molar refractivity (Wildman–Crippen MR) is 98.1 cm³/mol. The highest BCUT2D eigenvalue weighted by atomic mass is 32.2. The van der Waals surface area contributed by atoms with Gasteiger partial charge in [0, 0.05) is 33.2 Å². The molecular formula is C19H16F3NO2S2. The Bertz CT molecular complexity index is 1040. The normalized spacial score (nSPS) is 19.8. The third-order valence-electron chi connectivity index (χ3n) is 4.70. The molecule has 0 bridgehead atoms. The van der Waals surface area contributed by atoms with Crippen LogP contribution in [-0.2, 0) is 9.84 Å². The number of piperidine rings is 1. The van der Waals surface area contributed by atoms with Crippen molar-refractivity contribution in [2.45, 2.75) is 39.5 Å². The maximum atomic E-state index is 13.3. The molecule has 0 radical (unpaired) electrons. The Morgan fingerprint density at radius 3 is 2.41 bits per heavy atom. The summed E-state index contributed by atoms with van der Waals surface area (Å²) in [6.07, 6.45) is 2.56. The molecule has 0 saturated carbocycles. The highest BCUT2D eigenvalue weighted by molar-refractivity contribution is 7.99. The molecule has 0 atom stereocenters. The second-order valence-corrected chi connectivity index (χ2v) is 9.41. The molecule has 2 aromatic rings. The van der Waals surface area contributed by atoms with Crippen LogP contribution in [0, 0.1) is 0 Å². The van der Waals surface area contributed by atoms with E-state index in [1.807, 2.05) is 24.3 Å². The van der Waals surface area contributed by atoms with Crippen LogP contribution in [0.2, 0.25) is 0 Å². The van der Waals surface area contributed by atoms with Crippen molar-refractivity contribution in [2.75, 3.05) is 6.54 Å². The van der Waals surface area contributed by atoms with Gasteiger partial charge < -0.3 is 5.32 Å². The maximum Gasteiger partial charge on any atom is 0.501 e. The number of hydrogen-bond donors (Lipinski definition) is 1. The van der Waals surface area contributed by atoms with Crippen molar-refractivity contribution in [3.63, 3.8) is 0 Å². The molecule has 2 aliphatic heterocycles. The smallest absolute Gasteiger partial charge is 0.388 e. The minimum absolute atomic E-state index is 0.155. The van der Waals surface area contributed by atoms with Gasteiger partial charge in [0.1, 0.15) is 0 Å². The Hall–Kier alpha value is -1.93. The van der Waals surface area contributed by atoms with E-state index in [2.05, 4.69) is 5.32 Å². The van der Waals surface area contributed by atoms with Crippen molar-refractivity contribution >= 4 is 27.2 Å². The van der Waals surface area contributed by atoms with E-state index in [4.69, 9.17) is 0 Å². The molecule has 1 fully saturated rings. The van der Waals surface area contributed by atoms with Crippen molar-refractivity contribution in [3.05, 3.63) is 59.3 Å². The standard InChI is InChI=1S/C19H16F3NO2S2/c20-19(21,22)27(24,25)16-10-5-9-15-18(16)17(13-7-3-4-11-23-13)12-6-1-2-8-14(12)26-15/h1-2,5-6,8-10,23H,3-4,7,11H2/b17-13+. The Morgan fingerprint density at radius 1 is 0.963 bits per heavy atom. The van der Waals surface area contributed by atoms with Crippen LogP contribution >= 0.6 is 11.8 Å². The summed E-state index contributed by atoms with van der Waals surface area (Å²) in [7, 11) is -5.47. The highest BCUT2D eigenvalue weighted by Crippen LogP contribution is 2.50. The Balaban J connectivity index is 2.05. The summed E-state index contributed by atoms with van der Waals surface area (Å²) in [5.74, 6) is 0. The van der Waals surface area contributed by atoms with Crippen molar-refractivity contribution < 1.29 is 21.6 Å². The Labute approximate surface area is 159 Å². The van der Waals surface area contributed by atoms with E-state index in [1.54, 1.807) is 6.07 Å². The van der Waals surface area contributed by atoms with Gasteiger partial charge >= 0.3 is 5.51 Å². The molecule has 0 spiro atoms. The lowest BCUT2D eigenvalue weighted by atomic mass is 9.92. The fourth-order valence-corrected chi connectivity index (χ4v) is 5.66. The van der Waals surface area contributed by atoms with E-state index in [1.165, 1.54) is 17.8 Å². The predicted octanol–water partition coefficient (Wildman–Crippen LogP) is 4.98. The molecule has 4 rings (SSSR count). The van der Waals surface area contributed by atoms with Gasteiger partial charge in [0.2, 0.25) is 0 Å². The van der Waals surface area contributed by atoms with Crippen molar-refractivity contribution in [1.82, 2.24) is 5.32 Å². The van der Waals surface area contributed by atoms with E-state index >= 15 is 0 Å². The van der Waals surface area contributed by atoms with Gasteiger partial charge in [0.05, 0.1) is 4.90 Å². The third kappa shape index (κ3) is 3.04. The summed E-state index contributed by atoms with van der Waals surface area (Å²) >= 11 is 1.30. The SMILES string of the molecule is O=S(=O)(c1cccc2c1/C(=C1\CCCCN1)c1ccccc1S2)C(F)(F)F.